The molecule has 0 aliphatic heterocycles. The van der Waals surface area contributed by atoms with Crippen molar-refractivity contribution in [1.29, 1.82) is 0 Å². The Balaban J connectivity index is 2.58. The molecule has 80 valence electrons. The van der Waals surface area contributed by atoms with Gasteiger partial charge in [-0.2, -0.15) is 15.4 Å². The predicted octanol–water partition coefficient (Wildman–Crippen LogP) is 0.237. The van der Waals surface area contributed by atoms with E-state index in [1.165, 1.54) is 6.20 Å². The number of aliphatic hydroxyl groups excluding tert-OH is 1. The molecule has 6 nitrogen and oxygen atoms in total. The Morgan fingerprint density at radius 2 is 2.07 bits per heavy atom. The summed E-state index contributed by atoms with van der Waals surface area (Å²) in [4.78, 5) is 0. The zero-order valence-electron chi connectivity index (χ0n) is 8.30. The van der Waals surface area contributed by atoms with Crippen LogP contribution in [0.15, 0.2) is 6.20 Å². The first-order valence-electron chi connectivity index (χ1n) is 4.56. The molecular formula is C8H15N3O3. The molecule has 0 bridgehead atoms. The van der Waals surface area contributed by atoms with Crippen molar-refractivity contribution in [3.8, 4) is 0 Å². The monoisotopic (exact) mass is 201 g/mol. The molecule has 0 spiro atoms. The first-order chi connectivity index (χ1) is 6.79. The molecule has 0 saturated heterocycles. The van der Waals surface area contributed by atoms with Gasteiger partial charge in [-0.3, -0.25) is 0 Å². The lowest BCUT2D eigenvalue weighted by molar-refractivity contribution is -0.192. The van der Waals surface area contributed by atoms with Crippen LogP contribution in [-0.2, 0) is 9.47 Å². The third-order valence-corrected chi connectivity index (χ3v) is 1.66. The summed E-state index contributed by atoms with van der Waals surface area (Å²) >= 11 is 0. The number of nitrogens with one attached hydrogen (secondary N) is 1. The number of hydrogen-bond acceptors (Lipinski definition) is 5. The maximum atomic E-state index is 9.76. The molecule has 1 unspecified atom stereocenters. The van der Waals surface area contributed by atoms with Crippen LogP contribution in [0.5, 0.6) is 0 Å². The Morgan fingerprint density at radius 3 is 2.50 bits per heavy atom. The van der Waals surface area contributed by atoms with Gasteiger partial charge < -0.3 is 14.6 Å². The van der Waals surface area contributed by atoms with E-state index in [2.05, 4.69) is 15.4 Å². The first-order valence-corrected chi connectivity index (χ1v) is 4.56. The van der Waals surface area contributed by atoms with Gasteiger partial charge in [0.05, 0.1) is 6.20 Å². The minimum atomic E-state index is -0.909. The summed E-state index contributed by atoms with van der Waals surface area (Å²) in [6.45, 7) is 4.61. The second-order valence-corrected chi connectivity index (χ2v) is 2.62. The van der Waals surface area contributed by atoms with Gasteiger partial charge in [-0.1, -0.05) is 0 Å². The lowest BCUT2D eigenvalue weighted by atomic mass is 10.2. The molecule has 1 heterocycles. The lowest BCUT2D eigenvalue weighted by Gasteiger charge is -2.20. The molecule has 1 rings (SSSR count). The Bertz CT molecular complexity index is 234. The number of aromatic nitrogens is 3. The van der Waals surface area contributed by atoms with E-state index in [4.69, 9.17) is 9.47 Å². The van der Waals surface area contributed by atoms with E-state index in [9.17, 15) is 5.11 Å². The van der Waals surface area contributed by atoms with Crippen molar-refractivity contribution in [2.45, 2.75) is 26.2 Å². The van der Waals surface area contributed by atoms with Gasteiger partial charge in [-0.25, -0.2) is 0 Å². The third-order valence-electron chi connectivity index (χ3n) is 1.66. The molecule has 0 fully saturated rings. The summed E-state index contributed by atoms with van der Waals surface area (Å²) < 4.78 is 10.4. The van der Waals surface area contributed by atoms with Crippen molar-refractivity contribution in [2.75, 3.05) is 13.2 Å². The summed E-state index contributed by atoms with van der Waals surface area (Å²) in [5.74, 6) is 0. The van der Waals surface area contributed by atoms with E-state index >= 15 is 0 Å². The summed E-state index contributed by atoms with van der Waals surface area (Å²) in [5.41, 5.74) is 0.414. The van der Waals surface area contributed by atoms with Crippen molar-refractivity contribution in [1.82, 2.24) is 15.4 Å². The molecule has 1 aromatic rings. The van der Waals surface area contributed by atoms with Crippen LogP contribution in [0, 0.1) is 0 Å². The molecule has 14 heavy (non-hydrogen) atoms. The van der Waals surface area contributed by atoms with Gasteiger partial charge in [0.2, 0.25) is 0 Å². The third kappa shape index (κ3) is 2.76. The fourth-order valence-corrected chi connectivity index (χ4v) is 1.05. The van der Waals surface area contributed by atoms with Gasteiger partial charge >= 0.3 is 0 Å². The highest BCUT2D eigenvalue weighted by molar-refractivity contribution is 4.97. The normalized spacial score (nSPS) is 13.4. The molecule has 0 amide bonds. The van der Waals surface area contributed by atoms with Gasteiger partial charge in [-0.05, 0) is 13.8 Å². The summed E-state index contributed by atoms with van der Waals surface area (Å²) in [5, 5.41) is 19.5. The number of aliphatic hydroxyl groups is 1. The van der Waals surface area contributed by atoms with Gasteiger partial charge in [0.15, 0.2) is 12.4 Å². The molecule has 2 N–H and O–H groups in total. The van der Waals surface area contributed by atoms with Gasteiger partial charge in [0, 0.05) is 13.2 Å². The van der Waals surface area contributed by atoms with Crippen LogP contribution in [0.1, 0.15) is 25.6 Å². The number of nitrogens with zero attached hydrogens (tertiary/aromatic N) is 2. The van der Waals surface area contributed by atoms with Crippen LogP contribution in [0.2, 0.25) is 0 Å². The average molecular weight is 201 g/mol. The molecule has 0 aliphatic rings. The van der Waals surface area contributed by atoms with Gasteiger partial charge in [0.25, 0.3) is 0 Å². The second-order valence-electron chi connectivity index (χ2n) is 2.62. The fraction of sp³-hybridized carbons (Fsp3) is 0.750. The smallest absolute Gasteiger partial charge is 0.189 e. The summed E-state index contributed by atoms with van der Waals surface area (Å²) in [7, 11) is 0. The highest BCUT2D eigenvalue weighted by atomic mass is 16.7. The Morgan fingerprint density at radius 1 is 1.43 bits per heavy atom. The number of aromatic amines is 1. The SMILES string of the molecule is CCOC(OCC)C(O)c1cn[nH]n1. The van der Waals surface area contributed by atoms with E-state index in [0.717, 1.165) is 0 Å². The predicted molar refractivity (Wildman–Crippen MR) is 48.4 cm³/mol. The number of ether oxygens (including phenoxy) is 2. The zero-order chi connectivity index (χ0) is 10.4. The quantitative estimate of drug-likeness (QED) is 0.644. The molecule has 0 saturated carbocycles. The lowest BCUT2D eigenvalue weighted by Crippen LogP contribution is -2.26. The number of rotatable bonds is 6. The second kappa shape index (κ2) is 5.69. The van der Waals surface area contributed by atoms with Crippen LogP contribution >= 0.6 is 0 Å². The Hall–Kier alpha value is -0.980. The number of H-pyrrole nitrogens is 1. The van der Waals surface area contributed by atoms with Crippen LogP contribution in [-0.4, -0.2) is 40.0 Å². The Labute approximate surface area is 82.2 Å². The minimum absolute atomic E-state index is 0.414. The van der Waals surface area contributed by atoms with Crippen LogP contribution < -0.4 is 0 Å². The molecule has 0 radical (unpaired) electrons. The van der Waals surface area contributed by atoms with E-state index in [0.29, 0.717) is 18.9 Å². The van der Waals surface area contributed by atoms with E-state index < -0.39 is 12.4 Å². The maximum absolute atomic E-state index is 9.76. The Kier molecular flexibility index (Phi) is 4.51. The van der Waals surface area contributed by atoms with Crippen molar-refractivity contribution in [3.63, 3.8) is 0 Å². The summed E-state index contributed by atoms with van der Waals surface area (Å²) in [6.07, 6.45) is -0.154. The molecule has 0 aliphatic carbocycles. The van der Waals surface area contributed by atoms with Crippen LogP contribution in [0.25, 0.3) is 0 Å². The van der Waals surface area contributed by atoms with Crippen molar-refractivity contribution in [2.24, 2.45) is 0 Å². The van der Waals surface area contributed by atoms with Crippen LogP contribution in [0.4, 0.5) is 0 Å². The largest absolute Gasteiger partial charge is 0.381 e. The standard InChI is InChI=1S/C8H15N3O3/c1-3-13-8(14-4-2)7(12)6-5-9-11-10-6/h5,7-8,12H,3-4H2,1-2H3,(H,9,10,11). The van der Waals surface area contributed by atoms with Crippen molar-refractivity contribution >= 4 is 0 Å². The topological polar surface area (TPSA) is 80.3 Å². The van der Waals surface area contributed by atoms with Crippen molar-refractivity contribution in [3.05, 3.63) is 11.9 Å². The number of hydrogen-bond donors (Lipinski definition) is 2. The zero-order valence-corrected chi connectivity index (χ0v) is 8.30. The van der Waals surface area contributed by atoms with Crippen LogP contribution in [0.3, 0.4) is 0 Å². The molecule has 6 heteroatoms. The molecular weight excluding hydrogens is 186 g/mol. The molecule has 0 aromatic carbocycles. The molecule has 1 atom stereocenters. The molecule has 1 aromatic heterocycles. The minimum Gasteiger partial charge on any atom is -0.381 e. The highest BCUT2D eigenvalue weighted by Crippen LogP contribution is 2.16. The van der Waals surface area contributed by atoms with Gasteiger partial charge in [0.1, 0.15) is 5.69 Å². The van der Waals surface area contributed by atoms with E-state index in [-0.39, 0.29) is 0 Å². The average Bonchev–Trinajstić information content (AvgIpc) is 2.69. The van der Waals surface area contributed by atoms with E-state index in [1.807, 2.05) is 13.8 Å². The van der Waals surface area contributed by atoms with E-state index in [1.54, 1.807) is 0 Å². The fourth-order valence-electron chi connectivity index (χ4n) is 1.05. The van der Waals surface area contributed by atoms with Crippen molar-refractivity contribution < 1.29 is 14.6 Å². The first kappa shape index (κ1) is 11.1. The summed E-state index contributed by atoms with van der Waals surface area (Å²) in [6, 6.07) is 0. The maximum Gasteiger partial charge on any atom is 0.189 e. The highest BCUT2D eigenvalue weighted by Gasteiger charge is 2.23. The van der Waals surface area contributed by atoms with Gasteiger partial charge in [-0.15, -0.1) is 0 Å².